The van der Waals surface area contributed by atoms with Gasteiger partial charge in [0.05, 0.1) is 23.0 Å². The third kappa shape index (κ3) is 5.19. The highest BCUT2D eigenvalue weighted by atomic mass is 19.4. The first-order valence-electron chi connectivity index (χ1n) is 9.22. The van der Waals surface area contributed by atoms with Gasteiger partial charge in [-0.3, -0.25) is 4.79 Å². The number of halogens is 6. The lowest BCUT2D eigenvalue weighted by molar-refractivity contribution is -0.141. The average molecular weight is 453 g/mol. The van der Waals surface area contributed by atoms with Crippen molar-refractivity contribution >= 4 is 17.7 Å². The SMILES string of the molecule is Cc1ncc(-c2cccc(NC(=O)C=Cc3cc(C(F)(F)F)ccc3C(F)(F)F)c2)n1C. The molecule has 0 atom stereocenters. The number of carbonyl (C=O) groups is 1. The van der Waals surface area contributed by atoms with Crippen LogP contribution < -0.4 is 5.32 Å². The maximum absolute atomic E-state index is 13.2. The maximum atomic E-state index is 13.2. The van der Waals surface area contributed by atoms with Crippen molar-refractivity contribution in [2.75, 3.05) is 5.32 Å². The summed E-state index contributed by atoms with van der Waals surface area (Å²) in [5.74, 6) is -0.0206. The summed E-state index contributed by atoms with van der Waals surface area (Å²) in [4.78, 5) is 16.4. The van der Waals surface area contributed by atoms with Crippen molar-refractivity contribution in [3.05, 3.63) is 77.3 Å². The summed E-state index contributed by atoms with van der Waals surface area (Å²) in [6.07, 6.45) is -6.58. The van der Waals surface area contributed by atoms with Gasteiger partial charge in [-0.15, -0.1) is 0 Å². The van der Waals surface area contributed by atoms with E-state index in [9.17, 15) is 31.1 Å². The molecule has 0 unspecified atom stereocenters. The fourth-order valence-electron chi connectivity index (χ4n) is 3.01. The Kier molecular flexibility index (Phi) is 6.16. The lowest BCUT2D eigenvalue weighted by Crippen LogP contribution is -2.12. The van der Waals surface area contributed by atoms with Gasteiger partial charge in [-0.25, -0.2) is 4.98 Å². The van der Waals surface area contributed by atoms with Crippen molar-refractivity contribution in [1.82, 2.24) is 9.55 Å². The van der Waals surface area contributed by atoms with Crippen molar-refractivity contribution in [2.45, 2.75) is 19.3 Å². The summed E-state index contributed by atoms with van der Waals surface area (Å²) in [7, 11) is 1.82. The second-order valence-electron chi connectivity index (χ2n) is 6.95. The van der Waals surface area contributed by atoms with E-state index in [1.54, 1.807) is 30.5 Å². The number of hydrogen-bond acceptors (Lipinski definition) is 2. The van der Waals surface area contributed by atoms with E-state index in [2.05, 4.69) is 10.3 Å². The van der Waals surface area contributed by atoms with Crippen LogP contribution in [0.2, 0.25) is 0 Å². The largest absolute Gasteiger partial charge is 0.416 e. The van der Waals surface area contributed by atoms with Crippen LogP contribution in [0.15, 0.2) is 54.7 Å². The highest BCUT2D eigenvalue weighted by Gasteiger charge is 2.36. The number of nitrogens with zero attached hydrogens (tertiary/aromatic N) is 2. The van der Waals surface area contributed by atoms with Gasteiger partial charge in [0, 0.05) is 24.4 Å². The van der Waals surface area contributed by atoms with Gasteiger partial charge in [-0.2, -0.15) is 26.3 Å². The lowest BCUT2D eigenvalue weighted by Gasteiger charge is -2.13. The van der Waals surface area contributed by atoms with E-state index < -0.39 is 35.0 Å². The summed E-state index contributed by atoms with van der Waals surface area (Å²) in [5.41, 5.74) is -1.40. The normalized spacial score (nSPS) is 12.4. The van der Waals surface area contributed by atoms with Gasteiger partial charge in [0.15, 0.2) is 0 Å². The van der Waals surface area contributed by atoms with Crippen molar-refractivity contribution in [3.8, 4) is 11.3 Å². The van der Waals surface area contributed by atoms with Gasteiger partial charge in [-0.1, -0.05) is 12.1 Å². The molecule has 1 amide bonds. The molecule has 168 valence electrons. The van der Waals surface area contributed by atoms with Crippen LogP contribution in [-0.2, 0) is 24.2 Å². The molecule has 0 saturated carbocycles. The molecule has 0 aliphatic carbocycles. The molecular weight excluding hydrogens is 436 g/mol. The van der Waals surface area contributed by atoms with Crippen LogP contribution in [0.4, 0.5) is 32.0 Å². The van der Waals surface area contributed by atoms with Gasteiger partial charge >= 0.3 is 12.4 Å². The minimum absolute atomic E-state index is 0.347. The maximum Gasteiger partial charge on any atom is 0.416 e. The summed E-state index contributed by atoms with van der Waals surface area (Å²) >= 11 is 0. The topological polar surface area (TPSA) is 46.9 Å². The van der Waals surface area contributed by atoms with E-state index in [1.807, 2.05) is 18.5 Å². The molecule has 2 aromatic carbocycles. The van der Waals surface area contributed by atoms with Crippen LogP contribution in [-0.4, -0.2) is 15.5 Å². The lowest BCUT2D eigenvalue weighted by atomic mass is 10.0. The first-order chi connectivity index (χ1) is 14.9. The first kappa shape index (κ1) is 23.1. The molecule has 0 saturated heterocycles. The highest BCUT2D eigenvalue weighted by Crippen LogP contribution is 2.37. The number of nitrogens with one attached hydrogen (secondary N) is 1. The molecule has 1 N–H and O–H groups in total. The van der Waals surface area contributed by atoms with Crippen LogP contribution in [0, 0.1) is 6.92 Å². The van der Waals surface area contributed by atoms with E-state index in [-0.39, 0.29) is 0 Å². The smallest absolute Gasteiger partial charge is 0.331 e. The quantitative estimate of drug-likeness (QED) is 0.384. The minimum atomic E-state index is -4.88. The third-order valence-electron chi connectivity index (χ3n) is 4.74. The fourth-order valence-corrected chi connectivity index (χ4v) is 3.01. The predicted octanol–water partition coefficient (Wildman–Crippen LogP) is 6.09. The molecule has 0 bridgehead atoms. The van der Waals surface area contributed by atoms with Gasteiger partial charge in [-0.05, 0) is 48.9 Å². The Morgan fingerprint density at radius 2 is 1.75 bits per heavy atom. The number of anilines is 1. The van der Waals surface area contributed by atoms with E-state index in [1.165, 1.54) is 0 Å². The number of aromatic nitrogens is 2. The average Bonchev–Trinajstić information content (AvgIpc) is 3.03. The second-order valence-corrected chi connectivity index (χ2v) is 6.95. The van der Waals surface area contributed by atoms with E-state index in [0.29, 0.717) is 30.0 Å². The predicted molar refractivity (Wildman–Crippen MR) is 107 cm³/mol. The Labute approximate surface area is 179 Å². The molecule has 3 rings (SSSR count). The molecule has 0 aliphatic rings. The number of rotatable bonds is 4. The zero-order valence-corrected chi connectivity index (χ0v) is 16.8. The standard InChI is InChI=1S/C22H17F6N3O/c1-13-29-12-19(31(13)2)15-4-3-5-17(11-15)30-20(32)9-6-14-10-16(21(23,24)25)7-8-18(14)22(26,27)28/h3-12H,1-2H3,(H,30,32). The molecule has 0 aliphatic heterocycles. The zero-order chi connectivity index (χ0) is 23.7. The number of amides is 1. The van der Waals surface area contributed by atoms with Crippen molar-refractivity contribution in [1.29, 1.82) is 0 Å². The summed E-state index contributed by atoms with van der Waals surface area (Å²) in [6, 6.07) is 7.74. The Morgan fingerprint density at radius 1 is 1.03 bits per heavy atom. The van der Waals surface area contributed by atoms with Crippen molar-refractivity contribution in [2.24, 2.45) is 7.05 Å². The number of alkyl halides is 6. The molecule has 1 heterocycles. The van der Waals surface area contributed by atoms with E-state index >= 15 is 0 Å². The Hall–Kier alpha value is -3.56. The molecule has 4 nitrogen and oxygen atoms in total. The molecule has 3 aromatic rings. The second kappa shape index (κ2) is 8.52. The van der Waals surface area contributed by atoms with Gasteiger partial charge in [0.25, 0.3) is 0 Å². The summed E-state index contributed by atoms with van der Waals surface area (Å²) in [5, 5.41) is 2.49. The van der Waals surface area contributed by atoms with Gasteiger partial charge < -0.3 is 9.88 Å². The van der Waals surface area contributed by atoms with Crippen LogP contribution in [0.5, 0.6) is 0 Å². The van der Waals surface area contributed by atoms with Crippen LogP contribution in [0.25, 0.3) is 17.3 Å². The number of carbonyl (C=O) groups excluding carboxylic acids is 1. The molecule has 10 heteroatoms. The van der Waals surface area contributed by atoms with Crippen molar-refractivity contribution in [3.63, 3.8) is 0 Å². The van der Waals surface area contributed by atoms with Gasteiger partial charge in [0.1, 0.15) is 5.82 Å². The third-order valence-corrected chi connectivity index (χ3v) is 4.74. The molecule has 0 radical (unpaired) electrons. The number of imidazole rings is 1. The Balaban J connectivity index is 1.84. The van der Waals surface area contributed by atoms with Crippen LogP contribution in [0.3, 0.4) is 0 Å². The van der Waals surface area contributed by atoms with Gasteiger partial charge in [0.2, 0.25) is 5.91 Å². The molecule has 0 fully saturated rings. The number of benzene rings is 2. The monoisotopic (exact) mass is 453 g/mol. The Bertz CT molecular complexity index is 1180. The van der Waals surface area contributed by atoms with Crippen molar-refractivity contribution < 1.29 is 31.1 Å². The van der Waals surface area contributed by atoms with E-state index in [4.69, 9.17) is 0 Å². The minimum Gasteiger partial charge on any atom is -0.331 e. The van der Waals surface area contributed by atoms with E-state index in [0.717, 1.165) is 23.2 Å². The summed E-state index contributed by atoms with van der Waals surface area (Å²) < 4.78 is 80.0. The fraction of sp³-hybridized carbons (Fsp3) is 0.182. The highest BCUT2D eigenvalue weighted by molar-refractivity contribution is 6.02. The molecule has 32 heavy (non-hydrogen) atoms. The van der Waals surface area contributed by atoms with Crippen LogP contribution >= 0.6 is 0 Å². The van der Waals surface area contributed by atoms with Crippen LogP contribution in [0.1, 0.15) is 22.5 Å². The number of hydrogen-bond donors (Lipinski definition) is 1. The zero-order valence-electron chi connectivity index (χ0n) is 16.8. The molecule has 0 spiro atoms. The number of aryl methyl sites for hydroxylation is 1. The first-order valence-corrected chi connectivity index (χ1v) is 9.22. The molecular formula is C22H17F6N3O. The Morgan fingerprint density at radius 3 is 2.34 bits per heavy atom. The molecule has 1 aromatic heterocycles. The summed E-state index contributed by atoms with van der Waals surface area (Å²) in [6.45, 7) is 1.82.